The minimum absolute atomic E-state index is 0.129. The van der Waals surface area contributed by atoms with Gasteiger partial charge in [0.1, 0.15) is 6.61 Å². The fraction of sp³-hybridized carbons (Fsp3) is 0.176. The molecular formula is C17H15N3O4S. The van der Waals surface area contributed by atoms with Crippen LogP contribution in [0.1, 0.15) is 28.7 Å². The summed E-state index contributed by atoms with van der Waals surface area (Å²) in [5.74, 6) is -0.887. The molecule has 128 valence electrons. The summed E-state index contributed by atoms with van der Waals surface area (Å²) in [6.45, 7) is 3.05. The normalized spacial score (nSPS) is 10.6. The Labute approximate surface area is 146 Å². The number of nitrogens with one attached hydrogen (secondary N) is 1. The summed E-state index contributed by atoms with van der Waals surface area (Å²) in [4.78, 5) is 40.5. The van der Waals surface area contributed by atoms with Crippen LogP contribution in [0.2, 0.25) is 0 Å². The smallest absolute Gasteiger partial charge is 0.340 e. The molecule has 8 heteroatoms. The van der Waals surface area contributed by atoms with Crippen LogP contribution in [0.3, 0.4) is 0 Å². The van der Waals surface area contributed by atoms with Gasteiger partial charge in [0, 0.05) is 24.1 Å². The average molecular weight is 357 g/mol. The van der Waals surface area contributed by atoms with Gasteiger partial charge in [-0.2, -0.15) is 0 Å². The second-order valence-corrected chi connectivity index (χ2v) is 6.22. The van der Waals surface area contributed by atoms with Crippen molar-refractivity contribution in [2.75, 3.05) is 5.32 Å². The molecule has 1 N–H and O–H groups in total. The largest absolute Gasteiger partial charge is 0.456 e. The van der Waals surface area contributed by atoms with Crippen molar-refractivity contribution >= 4 is 33.9 Å². The van der Waals surface area contributed by atoms with Gasteiger partial charge in [-0.05, 0) is 19.1 Å². The minimum atomic E-state index is -0.603. The Bertz CT molecular complexity index is 1020. The van der Waals surface area contributed by atoms with Crippen LogP contribution in [0.4, 0.5) is 5.69 Å². The molecule has 0 aliphatic carbocycles. The maximum Gasteiger partial charge on any atom is 0.340 e. The average Bonchev–Trinajstić information content (AvgIpc) is 2.94. The number of amides is 1. The molecule has 3 aromatic rings. The zero-order valence-electron chi connectivity index (χ0n) is 13.6. The molecule has 1 amide bonds. The van der Waals surface area contributed by atoms with Crippen LogP contribution in [0.5, 0.6) is 0 Å². The first-order valence-electron chi connectivity index (χ1n) is 7.46. The lowest BCUT2D eigenvalue weighted by Gasteiger charge is -2.09. The highest BCUT2D eigenvalue weighted by Gasteiger charge is 2.14. The number of fused-ring (bicyclic) bond motifs is 1. The maximum atomic E-state index is 12.3. The standard InChI is InChI=1S/C17H15N3O4S/c1-10-9-25-17-19-12(7-15(22)20(10)17)8-24-16(23)13-5-3-4-6-14(13)18-11(2)21/h3-7,9H,8H2,1-2H3,(H,18,21). The Morgan fingerprint density at radius 1 is 1.32 bits per heavy atom. The number of hydrogen-bond donors (Lipinski definition) is 1. The lowest BCUT2D eigenvalue weighted by atomic mass is 10.2. The highest BCUT2D eigenvalue weighted by Crippen LogP contribution is 2.17. The summed E-state index contributed by atoms with van der Waals surface area (Å²) >= 11 is 1.35. The first-order valence-corrected chi connectivity index (χ1v) is 8.34. The van der Waals surface area contributed by atoms with Gasteiger partial charge in [0.15, 0.2) is 4.96 Å². The van der Waals surface area contributed by atoms with Gasteiger partial charge in [0.05, 0.1) is 16.9 Å². The van der Waals surface area contributed by atoms with Gasteiger partial charge < -0.3 is 10.1 Å². The highest BCUT2D eigenvalue weighted by molar-refractivity contribution is 7.15. The predicted octanol–water partition coefficient (Wildman–Crippen LogP) is 2.38. The van der Waals surface area contributed by atoms with E-state index in [1.807, 2.05) is 12.3 Å². The van der Waals surface area contributed by atoms with Gasteiger partial charge in [-0.3, -0.25) is 14.0 Å². The number of benzene rings is 1. The number of carbonyl (C=O) groups is 2. The lowest BCUT2D eigenvalue weighted by molar-refractivity contribution is -0.114. The van der Waals surface area contributed by atoms with Gasteiger partial charge in [-0.25, -0.2) is 9.78 Å². The van der Waals surface area contributed by atoms with E-state index in [2.05, 4.69) is 10.3 Å². The molecular weight excluding hydrogens is 342 g/mol. The second kappa shape index (κ2) is 6.86. The number of hydrogen-bond acceptors (Lipinski definition) is 6. The summed E-state index contributed by atoms with van der Waals surface area (Å²) in [5, 5.41) is 4.42. The SMILES string of the molecule is CC(=O)Nc1ccccc1C(=O)OCc1cc(=O)n2c(C)csc2n1. The number of para-hydroxylation sites is 1. The van der Waals surface area contributed by atoms with Crippen molar-refractivity contribution in [2.45, 2.75) is 20.5 Å². The number of anilines is 1. The van der Waals surface area contributed by atoms with Crippen LogP contribution in [-0.2, 0) is 16.1 Å². The van der Waals surface area contributed by atoms with E-state index in [1.54, 1.807) is 24.3 Å². The van der Waals surface area contributed by atoms with Gasteiger partial charge in [-0.15, -0.1) is 11.3 Å². The number of thiazole rings is 1. The molecule has 7 nitrogen and oxygen atoms in total. The minimum Gasteiger partial charge on any atom is -0.456 e. The Balaban J connectivity index is 1.79. The molecule has 1 aromatic carbocycles. The highest BCUT2D eigenvalue weighted by atomic mass is 32.1. The molecule has 0 aliphatic rings. The molecule has 0 bridgehead atoms. The van der Waals surface area contributed by atoms with Crippen molar-refractivity contribution < 1.29 is 14.3 Å². The molecule has 0 radical (unpaired) electrons. The van der Waals surface area contributed by atoms with Crippen LogP contribution in [0, 0.1) is 6.92 Å². The number of ether oxygens (including phenoxy) is 1. The third kappa shape index (κ3) is 3.58. The van der Waals surface area contributed by atoms with Crippen molar-refractivity contribution in [3.05, 3.63) is 63.0 Å². The monoisotopic (exact) mass is 357 g/mol. The Morgan fingerprint density at radius 2 is 2.08 bits per heavy atom. The first kappa shape index (κ1) is 16.8. The van der Waals surface area contributed by atoms with Gasteiger partial charge in [0.25, 0.3) is 5.56 Å². The summed E-state index contributed by atoms with van der Waals surface area (Å²) in [6.07, 6.45) is 0. The third-order valence-electron chi connectivity index (χ3n) is 3.44. The van der Waals surface area contributed by atoms with Crippen LogP contribution in [0.25, 0.3) is 4.96 Å². The quantitative estimate of drug-likeness (QED) is 0.724. The molecule has 0 saturated carbocycles. The van der Waals surface area contributed by atoms with E-state index < -0.39 is 5.97 Å². The number of rotatable bonds is 4. The zero-order valence-corrected chi connectivity index (χ0v) is 14.4. The third-order valence-corrected chi connectivity index (χ3v) is 4.38. The molecule has 25 heavy (non-hydrogen) atoms. The fourth-order valence-electron chi connectivity index (χ4n) is 2.35. The zero-order chi connectivity index (χ0) is 18.0. The molecule has 2 heterocycles. The van der Waals surface area contributed by atoms with Crippen molar-refractivity contribution in [3.8, 4) is 0 Å². The van der Waals surface area contributed by atoms with E-state index in [9.17, 15) is 14.4 Å². The molecule has 2 aromatic heterocycles. The topological polar surface area (TPSA) is 89.8 Å². The van der Waals surface area contributed by atoms with E-state index in [4.69, 9.17) is 4.74 Å². The molecule has 0 saturated heterocycles. The second-order valence-electron chi connectivity index (χ2n) is 5.38. The van der Waals surface area contributed by atoms with Gasteiger partial charge >= 0.3 is 5.97 Å². The molecule has 0 unspecified atom stereocenters. The van der Waals surface area contributed by atoms with Crippen LogP contribution < -0.4 is 10.9 Å². The number of aromatic nitrogens is 2. The van der Waals surface area contributed by atoms with Crippen molar-refractivity contribution in [1.29, 1.82) is 0 Å². The van der Waals surface area contributed by atoms with E-state index in [0.29, 0.717) is 16.3 Å². The molecule has 0 aliphatic heterocycles. The fourth-order valence-corrected chi connectivity index (χ4v) is 3.24. The number of carbonyl (C=O) groups excluding carboxylic acids is 2. The molecule has 3 rings (SSSR count). The van der Waals surface area contributed by atoms with E-state index in [0.717, 1.165) is 5.69 Å². The molecule has 0 spiro atoms. The van der Waals surface area contributed by atoms with E-state index in [-0.39, 0.29) is 23.6 Å². The molecule has 0 fully saturated rings. The summed E-state index contributed by atoms with van der Waals surface area (Å²) in [5.41, 5.74) is 1.58. The number of aryl methyl sites for hydroxylation is 1. The van der Waals surface area contributed by atoms with Gasteiger partial charge in [0.2, 0.25) is 5.91 Å². The molecule has 0 atom stereocenters. The van der Waals surface area contributed by atoms with Crippen LogP contribution in [0.15, 0.2) is 40.5 Å². The van der Waals surface area contributed by atoms with Crippen LogP contribution in [-0.4, -0.2) is 21.3 Å². The van der Waals surface area contributed by atoms with Crippen molar-refractivity contribution in [3.63, 3.8) is 0 Å². The summed E-state index contributed by atoms with van der Waals surface area (Å²) < 4.78 is 6.75. The Hall–Kier alpha value is -3.00. The van der Waals surface area contributed by atoms with Crippen molar-refractivity contribution in [1.82, 2.24) is 9.38 Å². The maximum absolute atomic E-state index is 12.3. The first-order chi connectivity index (χ1) is 12.0. The summed E-state index contributed by atoms with van der Waals surface area (Å²) in [6, 6.07) is 7.90. The number of nitrogens with zero attached hydrogens (tertiary/aromatic N) is 2. The Morgan fingerprint density at radius 3 is 2.84 bits per heavy atom. The summed E-state index contributed by atoms with van der Waals surface area (Å²) in [7, 11) is 0. The number of esters is 1. The predicted molar refractivity (Wildman–Crippen MR) is 93.9 cm³/mol. The van der Waals surface area contributed by atoms with E-state index in [1.165, 1.54) is 28.7 Å². The van der Waals surface area contributed by atoms with Crippen molar-refractivity contribution in [2.24, 2.45) is 0 Å². The lowest BCUT2D eigenvalue weighted by Crippen LogP contribution is -2.17. The van der Waals surface area contributed by atoms with Gasteiger partial charge in [-0.1, -0.05) is 12.1 Å². The van der Waals surface area contributed by atoms with Crippen LogP contribution >= 0.6 is 11.3 Å². The Kier molecular flexibility index (Phi) is 4.62. The van der Waals surface area contributed by atoms with E-state index >= 15 is 0 Å².